The maximum Gasteiger partial charge on any atom is 0.228 e. The van der Waals surface area contributed by atoms with Crippen molar-refractivity contribution in [1.82, 2.24) is 4.90 Å². The summed E-state index contributed by atoms with van der Waals surface area (Å²) >= 11 is 12.0. The largest absolute Gasteiger partial charge is 0.342 e. The smallest absolute Gasteiger partial charge is 0.228 e. The van der Waals surface area contributed by atoms with Crippen LogP contribution in [0.15, 0.2) is 18.2 Å². The molecule has 4 nitrogen and oxygen atoms in total. The van der Waals surface area contributed by atoms with Gasteiger partial charge in [0.05, 0.1) is 5.92 Å². The molecule has 1 aromatic rings. The third-order valence-electron chi connectivity index (χ3n) is 4.30. The number of amides is 2. The summed E-state index contributed by atoms with van der Waals surface area (Å²) in [5.74, 6) is -0.208. The number of carbonyl (C=O) groups is 2. The number of likely N-dealkylation sites (tertiary alicyclic amines) is 1. The van der Waals surface area contributed by atoms with Crippen LogP contribution in [-0.4, -0.2) is 36.3 Å². The van der Waals surface area contributed by atoms with Gasteiger partial charge in [-0.2, -0.15) is 0 Å². The van der Waals surface area contributed by atoms with Crippen LogP contribution in [0.1, 0.15) is 25.7 Å². The minimum atomic E-state index is -0.261. The Kier molecular flexibility index (Phi) is 4.59. The maximum atomic E-state index is 12.6. The Morgan fingerprint density at radius 1 is 1.05 bits per heavy atom. The zero-order valence-corrected chi connectivity index (χ0v) is 13.7. The van der Waals surface area contributed by atoms with E-state index in [1.54, 1.807) is 23.1 Å². The number of rotatable bonds is 2. The van der Waals surface area contributed by atoms with Gasteiger partial charge in [0.2, 0.25) is 11.8 Å². The summed E-state index contributed by atoms with van der Waals surface area (Å²) in [6, 6.07) is 5.04. The van der Waals surface area contributed by atoms with E-state index < -0.39 is 0 Å². The molecule has 22 heavy (non-hydrogen) atoms. The number of hydrogen-bond acceptors (Lipinski definition) is 2. The monoisotopic (exact) mass is 340 g/mol. The van der Waals surface area contributed by atoms with Gasteiger partial charge >= 0.3 is 0 Å². The highest BCUT2D eigenvalue weighted by Crippen LogP contribution is 2.31. The summed E-state index contributed by atoms with van der Waals surface area (Å²) in [4.78, 5) is 28.3. The lowest BCUT2D eigenvalue weighted by molar-refractivity contribution is -0.136. The van der Waals surface area contributed by atoms with E-state index in [9.17, 15) is 9.59 Å². The normalized spacial score (nSPS) is 22.3. The minimum absolute atomic E-state index is 0.0475. The standard InChI is InChI=1S/C16H18Cl2N2O2/c17-12-7-13(18)9-14(8-12)20-10-11(6-15(20)21)16(22)19-4-2-1-3-5-19/h7-9,11H,1-6,10H2. The average Bonchev–Trinajstić information content (AvgIpc) is 2.88. The second kappa shape index (κ2) is 6.47. The summed E-state index contributed by atoms with van der Waals surface area (Å²) in [7, 11) is 0. The van der Waals surface area contributed by atoms with E-state index in [1.165, 1.54) is 6.42 Å². The van der Waals surface area contributed by atoms with E-state index in [1.807, 2.05) is 4.90 Å². The summed E-state index contributed by atoms with van der Waals surface area (Å²) in [5, 5.41) is 0.974. The molecule has 0 aromatic heterocycles. The first-order chi connectivity index (χ1) is 10.5. The summed E-state index contributed by atoms with van der Waals surface area (Å²) < 4.78 is 0. The van der Waals surface area contributed by atoms with Gasteiger partial charge in [-0.15, -0.1) is 0 Å². The first kappa shape index (κ1) is 15.6. The first-order valence-corrected chi connectivity index (χ1v) is 8.35. The fourth-order valence-corrected chi connectivity index (χ4v) is 3.70. The highest BCUT2D eigenvalue weighted by atomic mass is 35.5. The second-order valence-electron chi connectivity index (χ2n) is 5.92. The number of halogens is 2. The van der Waals surface area contributed by atoms with Crippen molar-refractivity contribution < 1.29 is 9.59 Å². The second-order valence-corrected chi connectivity index (χ2v) is 6.79. The first-order valence-electron chi connectivity index (χ1n) is 7.60. The highest BCUT2D eigenvalue weighted by Gasteiger charge is 2.37. The summed E-state index contributed by atoms with van der Waals surface area (Å²) in [5.41, 5.74) is 0.663. The van der Waals surface area contributed by atoms with E-state index >= 15 is 0 Å². The predicted octanol–water partition coefficient (Wildman–Crippen LogP) is 3.36. The molecule has 2 aliphatic rings. The van der Waals surface area contributed by atoms with Crippen LogP contribution in [0.25, 0.3) is 0 Å². The minimum Gasteiger partial charge on any atom is -0.342 e. The van der Waals surface area contributed by atoms with Crippen LogP contribution in [0.3, 0.4) is 0 Å². The van der Waals surface area contributed by atoms with Crippen LogP contribution in [0.4, 0.5) is 5.69 Å². The lowest BCUT2D eigenvalue weighted by Crippen LogP contribution is -2.40. The molecule has 2 saturated heterocycles. The number of anilines is 1. The predicted molar refractivity (Wildman–Crippen MR) is 87.4 cm³/mol. The van der Waals surface area contributed by atoms with Gasteiger partial charge in [0.25, 0.3) is 0 Å². The van der Waals surface area contributed by atoms with Crippen molar-refractivity contribution >= 4 is 40.7 Å². The van der Waals surface area contributed by atoms with Crippen LogP contribution >= 0.6 is 23.2 Å². The summed E-state index contributed by atoms with van der Waals surface area (Å²) in [6.45, 7) is 2.03. The lowest BCUT2D eigenvalue weighted by atomic mass is 10.0. The van der Waals surface area contributed by atoms with E-state index in [-0.39, 0.29) is 24.2 Å². The third kappa shape index (κ3) is 3.23. The van der Waals surface area contributed by atoms with Crippen molar-refractivity contribution in [2.45, 2.75) is 25.7 Å². The zero-order valence-electron chi connectivity index (χ0n) is 12.2. The Morgan fingerprint density at radius 3 is 2.32 bits per heavy atom. The Balaban J connectivity index is 1.73. The Bertz CT molecular complexity index is 580. The van der Waals surface area contributed by atoms with E-state index in [2.05, 4.69) is 0 Å². The Morgan fingerprint density at radius 2 is 1.68 bits per heavy atom. The third-order valence-corrected chi connectivity index (χ3v) is 4.74. The van der Waals surface area contributed by atoms with Gasteiger partial charge in [0, 0.05) is 41.8 Å². The summed E-state index contributed by atoms with van der Waals surface area (Å²) in [6.07, 6.45) is 3.56. The number of piperidine rings is 1. The van der Waals surface area contributed by atoms with Crippen LogP contribution in [-0.2, 0) is 9.59 Å². The topological polar surface area (TPSA) is 40.6 Å². The van der Waals surface area contributed by atoms with Gasteiger partial charge in [0.15, 0.2) is 0 Å². The molecule has 1 unspecified atom stereocenters. The van der Waals surface area contributed by atoms with Gasteiger partial charge in [0.1, 0.15) is 0 Å². The molecule has 0 saturated carbocycles. The van der Waals surface area contributed by atoms with E-state index in [0.717, 1.165) is 25.9 Å². The molecular formula is C16H18Cl2N2O2. The SMILES string of the molecule is O=C(C1CC(=O)N(c2cc(Cl)cc(Cl)c2)C1)N1CCCCC1. The Hall–Kier alpha value is -1.26. The average molecular weight is 341 g/mol. The molecule has 2 aliphatic heterocycles. The molecule has 1 atom stereocenters. The van der Waals surface area contributed by atoms with Crippen molar-refractivity contribution in [2.24, 2.45) is 5.92 Å². The van der Waals surface area contributed by atoms with E-state index in [4.69, 9.17) is 23.2 Å². The molecule has 0 radical (unpaired) electrons. The van der Waals surface area contributed by atoms with Crippen molar-refractivity contribution in [2.75, 3.05) is 24.5 Å². The van der Waals surface area contributed by atoms with Crippen molar-refractivity contribution in [1.29, 1.82) is 0 Å². The number of hydrogen-bond donors (Lipinski definition) is 0. The van der Waals surface area contributed by atoms with Crippen LogP contribution in [0, 0.1) is 5.92 Å². The molecule has 1 aromatic carbocycles. The molecule has 2 fully saturated rings. The molecule has 0 spiro atoms. The fraction of sp³-hybridized carbons (Fsp3) is 0.500. The maximum absolute atomic E-state index is 12.6. The number of carbonyl (C=O) groups excluding carboxylic acids is 2. The quantitative estimate of drug-likeness (QED) is 0.828. The molecule has 6 heteroatoms. The van der Waals surface area contributed by atoms with Crippen molar-refractivity contribution in [3.8, 4) is 0 Å². The zero-order chi connectivity index (χ0) is 15.7. The van der Waals surface area contributed by atoms with Gasteiger partial charge < -0.3 is 9.80 Å². The van der Waals surface area contributed by atoms with Gasteiger partial charge in [-0.3, -0.25) is 9.59 Å². The number of nitrogens with zero attached hydrogens (tertiary/aromatic N) is 2. The van der Waals surface area contributed by atoms with Crippen molar-refractivity contribution in [3.05, 3.63) is 28.2 Å². The lowest BCUT2D eigenvalue weighted by Gasteiger charge is -2.29. The molecule has 2 amide bonds. The van der Waals surface area contributed by atoms with Gasteiger partial charge in [-0.1, -0.05) is 23.2 Å². The number of benzene rings is 1. The molecule has 3 rings (SSSR count). The highest BCUT2D eigenvalue weighted by molar-refractivity contribution is 6.35. The van der Waals surface area contributed by atoms with Gasteiger partial charge in [-0.25, -0.2) is 0 Å². The fourth-order valence-electron chi connectivity index (χ4n) is 3.19. The van der Waals surface area contributed by atoms with Crippen molar-refractivity contribution in [3.63, 3.8) is 0 Å². The van der Waals surface area contributed by atoms with Crippen LogP contribution < -0.4 is 4.90 Å². The van der Waals surface area contributed by atoms with Crippen LogP contribution in [0.5, 0.6) is 0 Å². The molecular weight excluding hydrogens is 323 g/mol. The molecule has 2 heterocycles. The Labute approximate surface area is 140 Å². The molecule has 0 N–H and O–H groups in total. The molecule has 0 aliphatic carbocycles. The van der Waals surface area contributed by atoms with Gasteiger partial charge in [-0.05, 0) is 37.5 Å². The molecule has 118 valence electrons. The molecule has 0 bridgehead atoms. The van der Waals surface area contributed by atoms with Crippen LogP contribution in [0.2, 0.25) is 10.0 Å². The van der Waals surface area contributed by atoms with E-state index in [0.29, 0.717) is 22.3 Å².